The highest BCUT2D eigenvalue weighted by molar-refractivity contribution is 6.46. The second-order valence-electron chi connectivity index (χ2n) is 7.49. The Morgan fingerprint density at radius 3 is 2.55 bits per heavy atom. The van der Waals surface area contributed by atoms with Gasteiger partial charge in [0, 0.05) is 31.0 Å². The molecule has 0 saturated carbocycles. The van der Waals surface area contributed by atoms with Crippen LogP contribution in [0.3, 0.4) is 0 Å². The standard InChI is InChI=1S/C24H29N3O4/c1-5-26(6-2)12-13-27-21(17-8-7-11-25-15-17)20(23(29)24(27)30)22(28)19-10-9-18(31-4)14-16(19)3/h7-11,14-15,21,28H,5-6,12-13H2,1-4H3/t21-/m0/s1. The highest BCUT2D eigenvalue weighted by Crippen LogP contribution is 2.39. The number of ether oxygens (including phenoxy) is 1. The molecule has 0 spiro atoms. The molecule has 0 bridgehead atoms. The van der Waals surface area contributed by atoms with Gasteiger partial charge in [-0.3, -0.25) is 14.6 Å². The monoisotopic (exact) mass is 423 g/mol. The lowest BCUT2D eigenvalue weighted by atomic mass is 9.94. The predicted octanol–water partition coefficient (Wildman–Crippen LogP) is 3.16. The van der Waals surface area contributed by atoms with Crippen LogP contribution in [0.1, 0.15) is 36.6 Å². The number of aromatic nitrogens is 1. The smallest absolute Gasteiger partial charge is 0.295 e. The van der Waals surface area contributed by atoms with E-state index in [2.05, 4.69) is 23.7 Å². The Morgan fingerprint density at radius 1 is 1.23 bits per heavy atom. The van der Waals surface area contributed by atoms with E-state index < -0.39 is 17.7 Å². The number of aryl methyl sites for hydroxylation is 1. The number of benzene rings is 1. The van der Waals surface area contributed by atoms with E-state index in [-0.39, 0.29) is 11.3 Å². The molecule has 1 amide bonds. The number of ketones is 1. The van der Waals surface area contributed by atoms with Crippen molar-refractivity contribution in [1.29, 1.82) is 0 Å². The van der Waals surface area contributed by atoms with Gasteiger partial charge in [0.2, 0.25) is 0 Å². The van der Waals surface area contributed by atoms with Crippen molar-refractivity contribution in [3.05, 3.63) is 65.0 Å². The lowest BCUT2D eigenvalue weighted by molar-refractivity contribution is -0.140. The Morgan fingerprint density at radius 2 is 1.97 bits per heavy atom. The zero-order valence-corrected chi connectivity index (χ0v) is 18.5. The first-order valence-electron chi connectivity index (χ1n) is 10.5. The summed E-state index contributed by atoms with van der Waals surface area (Å²) in [5.41, 5.74) is 2.02. The van der Waals surface area contributed by atoms with Gasteiger partial charge in [0.25, 0.3) is 11.7 Å². The Labute approximate surface area is 183 Å². The molecular weight excluding hydrogens is 394 g/mol. The zero-order valence-electron chi connectivity index (χ0n) is 18.5. The maximum Gasteiger partial charge on any atom is 0.295 e. The summed E-state index contributed by atoms with van der Waals surface area (Å²) in [5.74, 6) is -0.815. The summed E-state index contributed by atoms with van der Waals surface area (Å²) in [6, 6.07) is 8.10. The molecule has 0 unspecified atom stereocenters. The Hall–Kier alpha value is -3.19. The molecule has 1 N–H and O–H groups in total. The third kappa shape index (κ3) is 4.46. The van der Waals surface area contributed by atoms with E-state index in [0.29, 0.717) is 30.0 Å². The van der Waals surface area contributed by atoms with E-state index in [4.69, 9.17) is 4.74 Å². The second kappa shape index (κ2) is 9.75. The van der Waals surface area contributed by atoms with Crippen LogP contribution < -0.4 is 4.74 Å². The number of carbonyl (C=O) groups excluding carboxylic acids is 2. The lowest BCUT2D eigenvalue weighted by Crippen LogP contribution is -2.38. The predicted molar refractivity (Wildman–Crippen MR) is 119 cm³/mol. The molecule has 31 heavy (non-hydrogen) atoms. The maximum atomic E-state index is 13.1. The summed E-state index contributed by atoms with van der Waals surface area (Å²) in [4.78, 5) is 33.9. The number of Topliss-reactive ketones (excluding diaryl/α,β-unsaturated/α-hetero) is 1. The van der Waals surface area contributed by atoms with Crippen LogP contribution in [-0.2, 0) is 9.59 Å². The minimum atomic E-state index is -0.689. The van der Waals surface area contributed by atoms with Crippen LogP contribution in [0.25, 0.3) is 5.76 Å². The van der Waals surface area contributed by atoms with Crippen LogP contribution in [0, 0.1) is 6.92 Å². The second-order valence-corrected chi connectivity index (χ2v) is 7.49. The molecule has 1 saturated heterocycles. The molecular formula is C24H29N3O4. The van der Waals surface area contributed by atoms with Gasteiger partial charge < -0.3 is 19.6 Å². The molecule has 1 atom stereocenters. The first-order chi connectivity index (χ1) is 14.9. The number of aliphatic hydroxyl groups is 1. The topological polar surface area (TPSA) is 83.0 Å². The summed E-state index contributed by atoms with van der Waals surface area (Å²) >= 11 is 0. The van der Waals surface area contributed by atoms with Crippen molar-refractivity contribution in [2.75, 3.05) is 33.3 Å². The quantitative estimate of drug-likeness (QED) is 0.399. The molecule has 0 aliphatic carbocycles. The largest absolute Gasteiger partial charge is 0.507 e. The van der Waals surface area contributed by atoms with Crippen molar-refractivity contribution in [2.24, 2.45) is 0 Å². The van der Waals surface area contributed by atoms with Crippen molar-refractivity contribution < 1.29 is 19.4 Å². The van der Waals surface area contributed by atoms with E-state index in [0.717, 1.165) is 18.7 Å². The number of rotatable bonds is 8. The van der Waals surface area contributed by atoms with Crippen molar-refractivity contribution in [1.82, 2.24) is 14.8 Å². The lowest BCUT2D eigenvalue weighted by Gasteiger charge is -2.28. The molecule has 1 fully saturated rings. The number of likely N-dealkylation sites (N-methyl/N-ethyl adjacent to an activating group) is 1. The van der Waals surface area contributed by atoms with Gasteiger partial charge in [-0.25, -0.2) is 0 Å². The Bertz CT molecular complexity index is 984. The molecule has 1 aliphatic heterocycles. The fourth-order valence-corrected chi connectivity index (χ4v) is 3.96. The Balaban J connectivity index is 2.10. The maximum absolute atomic E-state index is 13.1. The van der Waals surface area contributed by atoms with Gasteiger partial charge in [-0.15, -0.1) is 0 Å². The minimum absolute atomic E-state index is 0.0887. The van der Waals surface area contributed by atoms with Crippen LogP contribution in [0.2, 0.25) is 0 Å². The summed E-state index contributed by atoms with van der Waals surface area (Å²) in [7, 11) is 1.57. The average Bonchev–Trinajstić information content (AvgIpc) is 3.04. The highest BCUT2D eigenvalue weighted by atomic mass is 16.5. The van der Waals surface area contributed by atoms with E-state index in [1.54, 1.807) is 48.7 Å². The summed E-state index contributed by atoms with van der Waals surface area (Å²) in [6.45, 7) is 8.66. The van der Waals surface area contributed by atoms with Gasteiger partial charge in [0.1, 0.15) is 11.5 Å². The number of hydrogen-bond donors (Lipinski definition) is 1. The summed E-state index contributed by atoms with van der Waals surface area (Å²) in [6.07, 6.45) is 3.27. The molecule has 3 rings (SSSR count). The highest BCUT2D eigenvalue weighted by Gasteiger charge is 2.46. The SMILES string of the molecule is CCN(CC)CCN1C(=O)C(=O)C(=C(O)c2ccc(OC)cc2C)[C@@H]1c1cccnc1. The van der Waals surface area contributed by atoms with Crippen molar-refractivity contribution in [3.63, 3.8) is 0 Å². The molecule has 1 aromatic carbocycles. The molecule has 2 heterocycles. The van der Waals surface area contributed by atoms with Crippen LogP contribution in [0.5, 0.6) is 5.75 Å². The molecule has 0 radical (unpaired) electrons. The zero-order chi connectivity index (χ0) is 22.5. The van der Waals surface area contributed by atoms with Crippen molar-refractivity contribution in [3.8, 4) is 5.75 Å². The third-order valence-electron chi connectivity index (χ3n) is 5.78. The van der Waals surface area contributed by atoms with Crippen LogP contribution >= 0.6 is 0 Å². The van der Waals surface area contributed by atoms with Gasteiger partial charge in [-0.1, -0.05) is 19.9 Å². The minimum Gasteiger partial charge on any atom is -0.507 e. The van der Waals surface area contributed by atoms with Gasteiger partial charge >= 0.3 is 0 Å². The normalized spacial score (nSPS) is 18.1. The van der Waals surface area contributed by atoms with Gasteiger partial charge in [0.05, 0.1) is 18.7 Å². The van der Waals surface area contributed by atoms with Gasteiger partial charge in [0.15, 0.2) is 0 Å². The molecule has 164 valence electrons. The van der Waals surface area contributed by atoms with Crippen LogP contribution in [0.15, 0.2) is 48.3 Å². The first-order valence-corrected chi connectivity index (χ1v) is 10.5. The number of pyridine rings is 1. The van der Waals surface area contributed by atoms with E-state index >= 15 is 0 Å². The number of nitrogens with zero attached hydrogens (tertiary/aromatic N) is 3. The molecule has 7 nitrogen and oxygen atoms in total. The Kier molecular flexibility index (Phi) is 7.07. The van der Waals surface area contributed by atoms with Crippen LogP contribution in [-0.4, -0.2) is 64.9 Å². The summed E-state index contributed by atoms with van der Waals surface area (Å²) in [5, 5.41) is 11.2. The van der Waals surface area contributed by atoms with Crippen LogP contribution in [0.4, 0.5) is 0 Å². The molecule has 1 aromatic heterocycles. The molecule has 7 heteroatoms. The molecule has 1 aliphatic rings. The van der Waals surface area contributed by atoms with E-state index in [1.165, 1.54) is 0 Å². The van der Waals surface area contributed by atoms with Crippen molar-refractivity contribution in [2.45, 2.75) is 26.8 Å². The summed E-state index contributed by atoms with van der Waals surface area (Å²) < 4.78 is 5.24. The fraction of sp³-hybridized carbons (Fsp3) is 0.375. The van der Waals surface area contributed by atoms with Gasteiger partial charge in [-0.05, 0) is 55.4 Å². The number of aliphatic hydroxyl groups excluding tert-OH is 1. The average molecular weight is 424 g/mol. The fourth-order valence-electron chi connectivity index (χ4n) is 3.96. The van der Waals surface area contributed by atoms with Crippen molar-refractivity contribution >= 4 is 17.4 Å². The molecule has 2 aromatic rings. The number of carbonyl (C=O) groups is 2. The number of hydrogen-bond acceptors (Lipinski definition) is 6. The van der Waals surface area contributed by atoms with E-state index in [1.807, 2.05) is 13.0 Å². The number of likely N-dealkylation sites (tertiary alicyclic amines) is 1. The van der Waals surface area contributed by atoms with E-state index in [9.17, 15) is 14.7 Å². The number of amides is 1. The first kappa shape index (κ1) is 22.5. The number of methoxy groups -OCH3 is 1. The third-order valence-corrected chi connectivity index (χ3v) is 5.78. The van der Waals surface area contributed by atoms with Gasteiger partial charge in [-0.2, -0.15) is 0 Å².